The Kier molecular flexibility index (Phi) is 8.48. The molecule has 1 aromatic carbocycles. The molecule has 0 spiro atoms. The van der Waals surface area contributed by atoms with Crippen LogP contribution in [0.5, 0.6) is 0 Å². The molecule has 1 amide bonds. The van der Waals surface area contributed by atoms with E-state index in [2.05, 4.69) is 24.5 Å². The van der Waals surface area contributed by atoms with E-state index in [1.54, 1.807) is 11.6 Å². The average molecular weight is 373 g/mol. The van der Waals surface area contributed by atoms with E-state index >= 15 is 0 Å². The Bertz CT molecular complexity index is 767. The predicted molar refractivity (Wildman–Crippen MR) is 109 cm³/mol. The van der Waals surface area contributed by atoms with Crippen molar-refractivity contribution in [3.63, 3.8) is 0 Å². The van der Waals surface area contributed by atoms with Gasteiger partial charge in [0, 0.05) is 19.0 Å². The number of carbonyl (C=O) groups is 1. The van der Waals surface area contributed by atoms with Crippen LogP contribution >= 0.6 is 0 Å². The minimum Gasteiger partial charge on any atom is -0.330 e. The van der Waals surface area contributed by atoms with Crippen LogP contribution in [0.25, 0.3) is 17.1 Å². The van der Waals surface area contributed by atoms with Crippen molar-refractivity contribution in [1.82, 2.24) is 15.0 Å². The summed E-state index contributed by atoms with van der Waals surface area (Å²) < 4.78 is 2.33. The van der Waals surface area contributed by atoms with Crippen molar-refractivity contribution in [3.8, 4) is 0 Å². The smallest absolute Gasteiger partial charge is 0.267 e. The molecular formula is C21H32N4O2. The van der Waals surface area contributed by atoms with Gasteiger partial charge in [0.25, 0.3) is 5.91 Å². The van der Waals surface area contributed by atoms with Gasteiger partial charge < -0.3 is 10.3 Å². The van der Waals surface area contributed by atoms with Gasteiger partial charge in [-0.05, 0) is 49.1 Å². The average Bonchev–Trinajstić information content (AvgIpc) is 3.04. The first kappa shape index (κ1) is 21.1. The number of nitrogens with one attached hydrogen (secondary N) is 1. The van der Waals surface area contributed by atoms with Crippen LogP contribution in [0.2, 0.25) is 0 Å². The molecule has 2 rings (SSSR count). The van der Waals surface area contributed by atoms with E-state index in [1.165, 1.54) is 25.3 Å². The quantitative estimate of drug-likeness (QED) is 0.319. The number of rotatable bonds is 11. The number of amides is 1. The van der Waals surface area contributed by atoms with Gasteiger partial charge in [-0.15, -0.1) is 0 Å². The van der Waals surface area contributed by atoms with Crippen molar-refractivity contribution >= 4 is 23.0 Å². The number of hydroxylamine groups is 1. The minimum absolute atomic E-state index is 0.550. The maximum Gasteiger partial charge on any atom is 0.267 e. The topological polar surface area (TPSA) is 93.2 Å². The maximum absolute atomic E-state index is 11.2. The highest BCUT2D eigenvalue weighted by atomic mass is 16.5. The summed E-state index contributed by atoms with van der Waals surface area (Å²) in [5.74, 6) is 1.27. The Morgan fingerprint density at radius 2 is 2.19 bits per heavy atom. The number of benzene rings is 1. The van der Waals surface area contributed by atoms with Gasteiger partial charge in [0.15, 0.2) is 0 Å². The lowest BCUT2D eigenvalue weighted by Gasteiger charge is -2.16. The van der Waals surface area contributed by atoms with Crippen molar-refractivity contribution in [2.75, 3.05) is 6.54 Å². The van der Waals surface area contributed by atoms with Crippen molar-refractivity contribution in [3.05, 3.63) is 35.7 Å². The number of aryl methyl sites for hydroxylation is 2. The Hall–Kier alpha value is -2.18. The van der Waals surface area contributed by atoms with Crippen molar-refractivity contribution < 1.29 is 10.0 Å². The second kappa shape index (κ2) is 10.8. The van der Waals surface area contributed by atoms with Gasteiger partial charge in [-0.3, -0.25) is 10.0 Å². The van der Waals surface area contributed by atoms with Crippen LogP contribution in [0.3, 0.4) is 0 Å². The number of nitrogens with two attached hydrogens (primary N) is 1. The van der Waals surface area contributed by atoms with Gasteiger partial charge >= 0.3 is 0 Å². The molecule has 0 aliphatic heterocycles. The zero-order valence-electron chi connectivity index (χ0n) is 16.4. The Labute approximate surface area is 161 Å². The zero-order valence-corrected chi connectivity index (χ0v) is 16.4. The normalized spacial score (nSPS) is 12.7. The summed E-state index contributed by atoms with van der Waals surface area (Å²) in [7, 11) is 0. The van der Waals surface area contributed by atoms with Crippen LogP contribution in [-0.2, 0) is 17.8 Å². The number of carbonyl (C=O) groups excluding carboxylic acids is 1. The molecule has 1 unspecified atom stereocenters. The van der Waals surface area contributed by atoms with E-state index in [9.17, 15) is 4.79 Å². The van der Waals surface area contributed by atoms with Crippen LogP contribution in [0, 0.1) is 5.92 Å². The molecule has 0 radical (unpaired) electrons. The number of hydrogen-bond acceptors (Lipinski definition) is 4. The highest BCUT2D eigenvalue weighted by Gasteiger charge is 2.13. The summed E-state index contributed by atoms with van der Waals surface area (Å²) >= 11 is 0. The molecule has 27 heavy (non-hydrogen) atoms. The van der Waals surface area contributed by atoms with E-state index in [0.29, 0.717) is 6.54 Å². The molecule has 0 saturated carbocycles. The molecule has 1 heterocycles. The SMILES string of the molecule is CCCC(CC)CCn1c(CCCN)nc2cc(/C=C/C(=O)NO)ccc21. The third kappa shape index (κ3) is 5.91. The summed E-state index contributed by atoms with van der Waals surface area (Å²) in [5, 5.41) is 8.59. The van der Waals surface area contributed by atoms with Crippen LogP contribution in [0.4, 0.5) is 0 Å². The third-order valence-electron chi connectivity index (χ3n) is 5.03. The van der Waals surface area contributed by atoms with Gasteiger partial charge in [-0.2, -0.15) is 0 Å². The second-order valence-electron chi connectivity index (χ2n) is 6.98. The molecular weight excluding hydrogens is 340 g/mol. The fraction of sp³-hybridized carbons (Fsp3) is 0.524. The molecule has 4 N–H and O–H groups in total. The third-order valence-corrected chi connectivity index (χ3v) is 5.03. The Balaban J connectivity index is 2.29. The molecule has 0 saturated heterocycles. The van der Waals surface area contributed by atoms with Gasteiger partial charge in [0.05, 0.1) is 11.0 Å². The largest absolute Gasteiger partial charge is 0.330 e. The Morgan fingerprint density at radius 3 is 2.85 bits per heavy atom. The first-order valence-corrected chi connectivity index (χ1v) is 9.94. The van der Waals surface area contributed by atoms with Gasteiger partial charge in [0.2, 0.25) is 0 Å². The van der Waals surface area contributed by atoms with Crippen molar-refractivity contribution in [2.45, 2.75) is 58.9 Å². The summed E-state index contributed by atoms with van der Waals surface area (Å²) in [6.45, 7) is 6.13. The lowest BCUT2D eigenvalue weighted by Crippen LogP contribution is -2.14. The lowest BCUT2D eigenvalue weighted by atomic mass is 9.97. The molecule has 1 aromatic heterocycles. The van der Waals surface area contributed by atoms with Gasteiger partial charge in [-0.1, -0.05) is 39.2 Å². The van der Waals surface area contributed by atoms with Crippen molar-refractivity contribution in [2.24, 2.45) is 11.7 Å². The van der Waals surface area contributed by atoms with Gasteiger partial charge in [-0.25, -0.2) is 10.5 Å². The number of fused-ring (bicyclic) bond motifs is 1. The lowest BCUT2D eigenvalue weighted by molar-refractivity contribution is -0.124. The summed E-state index contributed by atoms with van der Waals surface area (Å²) in [5.41, 5.74) is 10.2. The monoisotopic (exact) mass is 372 g/mol. The Morgan fingerprint density at radius 1 is 1.37 bits per heavy atom. The van der Waals surface area contributed by atoms with Crippen LogP contribution < -0.4 is 11.2 Å². The zero-order chi connectivity index (χ0) is 19.6. The maximum atomic E-state index is 11.2. The molecule has 0 aliphatic carbocycles. The van der Waals surface area contributed by atoms with E-state index in [-0.39, 0.29) is 0 Å². The van der Waals surface area contributed by atoms with Crippen molar-refractivity contribution in [1.29, 1.82) is 0 Å². The fourth-order valence-electron chi connectivity index (χ4n) is 3.48. The molecule has 0 bridgehead atoms. The van der Waals surface area contributed by atoms with Crippen LogP contribution in [0.1, 0.15) is 57.3 Å². The van der Waals surface area contributed by atoms with Crippen LogP contribution in [-0.4, -0.2) is 27.2 Å². The summed E-state index contributed by atoms with van der Waals surface area (Å²) in [6, 6.07) is 6.01. The number of nitrogens with zero attached hydrogens (tertiary/aromatic N) is 2. The summed E-state index contributed by atoms with van der Waals surface area (Å²) in [4.78, 5) is 16.0. The predicted octanol–water partition coefficient (Wildman–Crippen LogP) is 3.66. The first-order chi connectivity index (χ1) is 13.1. The highest BCUT2D eigenvalue weighted by Crippen LogP contribution is 2.23. The van der Waals surface area contributed by atoms with Gasteiger partial charge in [0.1, 0.15) is 5.82 Å². The molecule has 0 fully saturated rings. The van der Waals surface area contributed by atoms with E-state index in [4.69, 9.17) is 15.9 Å². The molecule has 6 nitrogen and oxygen atoms in total. The molecule has 1 atom stereocenters. The van der Waals surface area contributed by atoms with E-state index in [0.717, 1.165) is 54.1 Å². The molecule has 2 aromatic rings. The van der Waals surface area contributed by atoms with Crippen LogP contribution in [0.15, 0.2) is 24.3 Å². The molecule has 6 heteroatoms. The minimum atomic E-state index is -0.550. The standard InChI is InChI=1S/C21H32N4O2/c1-3-6-16(4-2)12-14-25-19-10-8-17(9-11-21(26)24-27)15-18(19)23-20(25)7-5-13-22/h8-11,15-16,27H,3-7,12-14,22H2,1-2H3,(H,24,26)/b11-9+. The summed E-state index contributed by atoms with van der Waals surface area (Å²) in [6.07, 6.45) is 9.60. The number of hydrogen-bond donors (Lipinski definition) is 3. The molecule has 0 aliphatic rings. The number of imidazole rings is 1. The van der Waals surface area contributed by atoms with E-state index in [1.807, 2.05) is 12.1 Å². The first-order valence-electron chi connectivity index (χ1n) is 9.94. The highest BCUT2D eigenvalue weighted by molar-refractivity contribution is 5.91. The number of aromatic nitrogens is 2. The molecule has 148 valence electrons. The fourth-order valence-corrected chi connectivity index (χ4v) is 3.48. The van der Waals surface area contributed by atoms with E-state index < -0.39 is 5.91 Å². The second-order valence-corrected chi connectivity index (χ2v) is 6.98.